The molecule has 1 heterocycles. The Morgan fingerprint density at radius 2 is 1.90 bits per heavy atom. The van der Waals surface area contributed by atoms with Crippen LogP contribution in [0.15, 0.2) is 71.2 Å². The van der Waals surface area contributed by atoms with Crippen LogP contribution in [0.25, 0.3) is 22.4 Å². The van der Waals surface area contributed by atoms with Crippen molar-refractivity contribution in [2.45, 2.75) is 0 Å². The molecule has 0 saturated heterocycles. The van der Waals surface area contributed by atoms with Crippen LogP contribution in [0.2, 0.25) is 0 Å². The minimum Gasteiger partial charge on any atom is -0.495 e. The highest BCUT2D eigenvalue weighted by Crippen LogP contribution is 2.30. The van der Waals surface area contributed by atoms with Crippen molar-refractivity contribution in [3.8, 4) is 22.9 Å². The lowest BCUT2D eigenvalue weighted by Gasteiger charge is -2.12. The van der Waals surface area contributed by atoms with E-state index in [1.807, 2.05) is 48.5 Å². The number of carbonyl (C=O) groups excluding carboxylic acids is 1. The van der Waals surface area contributed by atoms with Crippen molar-refractivity contribution in [1.82, 2.24) is 9.97 Å². The molecule has 2 N–H and O–H groups in total. The molecule has 0 radical (unpaired) electrons. The predicted molar refractivity (Wildman–Crippen MR) is 116 cm³/mol. The van der Waals surface area contributed by atoms with Gasteiger partial charge in [0.25, 0.3) is 5.91 Å². The van der Waals surface area contributed by atoms with Gasteiger partial charge in [0.1, 0.15) is 17.3 Å². The third-order valence-corrected chi connectivity index (χ3v) is 4.85. The molecule has 4 aromatic rings. The van der Waals surface area contributed by atoms with Crippen molar-refractivity contribution in [2.75, 3.05) is 19.0 Å². The molecule has 0 unspecified atom stereocenters. The SMILES string of the molecule is COc1ccc(-c2nc3ccccc3[nH]2)cc1NC(=O)COc1ccc(Br)cc1. The van der Waals surface area contributed by atoms with Crippen LogP contribution in [-0.2, 0) is 4.79 Å². The Bertz CT molecular complexity index is 1120. The standard InChI is InChI=1S/C22H18BrN3O3/c1-28-20-11-6-14(22-25-17-4-2-3-5-18(17)26-22)12-19(20)24-21(27)13-29-16-9-7-15(23)8-10-16/h2-12H,13H2,1H3,(H,24,27)(H,25,26). The number of imidazole rings is 1. The lowest BCUT2D eigenvalue weighted by Crippen LogP contribution is -2.20. The van der Waals surface area contributed by atoms with Gasteiger partial charge < -0.3 is 19.8 Å². The normalized spacial score (nSPS) is 10.7. The molecule has 0 aliphatic carbocycles. The van der Waals surface area contributed by atoms with Gasteiger partial charge in [-0.05, 0) is 54.6 Å². The number of ether oxygens (including phenoxy) is 2. The molecule has 6 nitrogen and oxygen atoms in total. The zero-order valence-corrected chi connectivity index (χ0v) is 17.2. The molecule has 29 heavy (non-hydrogen) atoms. The first-order valence-corrected chi connectivity index (χ1v) is 9.73. The first kappa shape index (κ1) is 19.0. The molecule has 4 rings (SSSR count). The Hall–Kier alpha value is -3.32. The third kappa shape index (κ3) is 4.41. The van der Waals surface area contributed by atoms with E-state index in [0.29, 0.717) is 17.2 Å². The molecule has 0 fully saturated rings. The number of anilines is 1. The summed E-state index contributed by atoms with van der Waals surface area (Å²) in [4.78, 5) is 20.3. The minimum atomic E-state index is -0.284. The first-order chi connectivity index (χ1) is 14.1. The van der Waals surface area contributed by atoms with E-state index >= 15 is 0 Å². The number of benzene rings is 3. The Labute approximate surface area is 176 Å². The van der Waals surface area contributed by atoms with Crippen molar-refractivity contribution in [1.29, 1.82) is 0 Å². The fourth-order valence-corrected chi connectivity index (χ4v) is 3.17. The predicted octanol–water partition coefficient (Wildman–Crippen LogP) is 5.02. The van der Waals surface area contributed by atoms with Crippen molar-refractivity contribution < 1.29 is 14.3 Å². The monoisotopic (exact) mass is 451 g/mol. The fourth-order valence-electron chi connectivity index (χ4n) is 2.91. The van der Waals surface area contributed by atoms with Gasteiger partial charge in [-0.15, -0.1) is 0 Å². The van der Waals surface area contributed by atoms with E-state index in [1.165, 1.54) is 0 Å². The Morgan fingerprint density at radius 1 is 1.10 bits per heavy atom. The van der Waals surface area contributed by atoms with Gasteiger partial charge in [-0.1, -0.05) is 28.1 Å². The van der Waals surface area contributed by atoms with E-state index in [-0.39, 0.29) is 12.5 Å². The maximum absolute atomic E-state index is 12.4. The Balaban J connectivity index is 1.51. The lowest BCUT2D eigenvalue weighted by atomic mass is 10.1. The summed E-state index contributed by atoms with van der Waals surface area (Å²) >= 11 is 3.37. The van der Waals surface area contributed by atoms with Gasteiger partial charge in [-0.3, -0.25) is 4.79 Å². The molecule has 0 aliphatic rings. The number of nitrogens with one attached hydrogen (secondary N) is 2. The summed E-state index contributed by atoms with van der Waals surface area (Å²) in [6, 6.07) is 20.6. The molecule has 7 heteroatoms. The molecular formula is C22H18BrN3O3. The van der Waals surface area contributed by atoms with E-state index in [1.54, 1.807) is 25.3 Å². The number of amides is 1. The van der Waals surface area contributed by atoms with Gasteiger partial charge in [0.15, 0.2) is 6.61 Å². The van der Waals surface area contributed by atoms with Crippen LogP contribution in [0.5, 0.6) is 11.5 Å². The van der Waals surface area contributed by atoms with Crippen molar-refractivity contribution in [2.24, 2.45) is 0 Å². The topological polar surface area (TPSA) is 76.2 Å². The Kier molecular flexibility index (Phi) is 5.48. The van der Waals surface area contributed by atoms with Crippen LogP contribution in [0.3, 0.4) is 0 Å². The van der Waals surface area contributed by atoms with Crippen LogP contribution >= 0.6 is 15.9 Å². The summed E-state index contributed by atoms with van der Waals surface area (Å²) in [5, 5.41) is 2.85. The van der Waals surface area contributed by atoms with Crippen LogP contribution < -0.4 is 14.8 Å². The van der Waals surface area contributed by atoms with Crippen LogP contribution in [0.4, 0.5) is 5.69 Å². The number of aromatic nitrogens is 2. The minimum absolute atomic E-state index is 0.111. The molecule has 146 valence electrons. The van der Waals surface area contributed by atoms with Crippen molar-refractivity contribution >= 4 is 38.6 Å². The van der Waals surface area contributed by atoms with Crippen molar-refractivity contribution in [3.05, 3.63) is 71.2 Å². The number of hydrogen-bond acceptors (Lipinski definition) is 4. The molecule has 0 spiro atoms. The zero-order chi connectivity index (χ0) is 20.2. The maximum Gasteiger partial charge on any atom is 0.262 e. The number of fused-ring (bicyclic) bond motifs is 1. The van der Waals surface area contributed by atoms with E-state index in [0.717, 1.165) is 26.9 Å². The van der Waals surface area contributed by atoms with Crippen LogP contribution in [0, 0.1) is 0 Å². The molecule has 1 aromatic heterocycles. The smallest absolute Gasteiger partial charge is 0.262 e. The quantitative estimate of drug-likeness (QED) is 0.431. The number of nitrogens with zero attached hydrogens (tertiary/aromatic N) is 1. The van der Waals surface area contributed by atoms with Crippen molar-refractivity contribution in [3.63, 3.8) is 0 Å². The summed E-state index contributed by atoms with van der Waals surface area (Å²) in [5.74, 6) is 1.61. The number of hydrogen-bond donors (Lipinski definition) is 2. The highest BCUT2D eigenvalue weighted by atomic mass is 79.9. The van der Waals surface area contributed by atoms with Gasteiger partial charge in [0.2, 0.25) is 0 Å². The number of halogens is 1. The van der Waals surface area contributed by atoms with E-state index in [2.05, 4.69) is 31.2 Å². The molecule has 0 atom stereocenters. The number of carbonyl (C=O) groups is 1. The highest BCUT2D eigenvalue weighted by molar-refractivity contribution is 9.10. The number of para-hydroxylation sites is 2. The summed E-state index contributed by atoms with van der Waals surface area (Å²) in [6.45, 7) is -0.111. The third-order valence-electron chi connectivity index (χ3n) is 4.32. The van der Waals surface area contributed by atoms with E-state index in [9.17, 15) is 4.79 Å². The number of aromatic amines is 1. The van der Waals surface area contributed by atoms with Gasteiger partial charge >= 0.3 is 0 Å². The van der Waals surface area contributed by atoms with Gasteiger partial charge in [0.05, 0.1) is 23.8 Å². The maximum atomic E-state index is 12.4. The summed E-state index contributed by atoms with van der Waals surface area (Å²) in [7, 11) is 1.56. The summed E-state index contributed by atoms with van der Waals surface area (Å²) in [5.41, 5.74) is 3.22. The largest absolute Gasteiger partial charge is 0.495 e. The summed E-state index contributed by atoms with van der Waals surface area (Å²) < 4.78 is 11.9. The van der Waals surface area contributed by atoms with E-state index in [4.69, 9.17) is 9.47 Å². The number of H-pyrrole nitrogens is 1. The van der Waals surface area contributed by atoms with Gasteiger partial charge in [-0.2, -0.15) is 0 Å². The molecule has 3 aromatic carbocycles. The zero-order valence-electron chi connectivity index (χ0n) is 15.6. The molecule has 0 aliphatic heterocycles. The molecule has 0 saturated carbocycles. The van der Waals surface area contributed by atoms with Gasteiger partial charge in [0, 0.05) is 10.0 Å². The molecule has 1 amide bonds. The first-order valence-electron chi connectivity index (χ1n) is 8.94. The van der Waals surface area contributed by atoms with Gasteiger partial charge in [-0.25, -0.2) is 4.98 Å². The van der Waals surface area contributed by atoms with Crippen LogP contribution in [0.1, 0.15) is 0 Å². The molecular weight excluding hydrogens is 434 g/mol. The second-order valence-corrected chi connectivity index (χ2v) is 7.22. The average molecular weight is 452 g/mol. The average Bonchev–Trinajstić information content (AvgIpc) is 3.17. The highest BCUT2D eigenvalue weighted by Gasteiger charge is 2.12. The van der Waals surface area contributed by atoms with Crippen LogP contribution in [-0.4, -0.2) is 29.6 Å². The lowest BCUT2D eigenvalue weighted by molar-refractivity contribution is -0.118. The second kappa shape index (κ2) is 8.36. The second-order valence-electron chi connectivity index (χ2n) is 6.31. The number of methoxy groups -OCH3 is 1. The van der Waals surface area contributed by atoms with E-state index < -0.39 is 0 Å². The molecule has 0 bridgehead atoms. The fraction of sp³-hybridized carbons (Fsp3) is 0.0909. The number of rotatable bonds is 6. The summed E-state index contributed by atoms with van der Waals surface area (Å²) in [6.07, 6.45) is 0. The Morgan fingerprint density at radius 3 is 2.66 bits per heavy atom.